The molecule has 0 unspecified atom stereocenters. The van der Waals surface area contributed by atoms with Crippen LogP contribution in [0.5, 0.6) is 0 Å². The van der Waals surface area contributed by atoms with Crippen LogP contribution in [0.2, 0.25) is 0 Å². The van der Waals surface area contributed by atoms with Gasteiger partial charge in [-0.1, -0.05) is 55.5 Å². The van der Waals surface area contributed by atoms with Crippen LogP contribution in [0.3, 0.4) is 0 Å². The Labute approximate surface area is 242 Å². The SMILES string of the molecule is C[C@@H]1[C@H](CSc2ccc(C(=O)O)cc2)O[C@H](c2ccc(CNC(=O)CCC(=O)O)cc2)O[C@@H]1c1ccc(CO)cc1. The number of amides is 1. The molecule has 1 heterocycles. The molecule has 0 saturated carbocycles. The number of benzene rings is 3. The molecule has 4 rings (SSSR count). The second-order valence-electron chi connectivity index (χ2n) is 9.87. The maximum atomic E-state index is 11.9. The van der Waals surface area contributed by atoms with Crippen LogP contribution in [0, 0.1) is 5.92 Å². The van der Waals surface area contributed by atoms with Crippen molar-refractivity contribution in [3.63, 3.8) is 0 Å². The van der Waals surface area contributed by atoms with Crippen LogP contribution in [-0.4, -0.2) is 45.0 Å². The monoisotopic (exact) mass is 579 g/mol. The summed E-state index contributed by atoms with van der Waals surface area (Å²) in [5.74, 6) is -1.68. The molecule has 3 aromatic carbocycles. The van der Waals surface area contributed by atoms with Crippen LogP contribution in [0.15, 0.2) is 77.7 Å². The fourth-order valence-corrected chi connectivity index (χ4v) is 5.55. The lowest BCUT2D eigenvalue weighted by atomic mass is 9.91. The third-order valence-corrected chi connectivity index (χ3v) is 8.05. The number of carbonyl (C=O) groups excluding carboxylic acids is 1. The van der Waals surface area contributed by atoms with Crippen molar-refractivity contribution in [2.45, 2.75) is 56.3 Å². The Hall–Kier alpha value is -3.70. The van der Waals surface area contributed by atoms with Gasteiger partial charge >= 0.3 is 11.9 Å². The number of aliphatic carboxylic acids is 1. The average molecular weight is 580 g/mol. The smallest absolute Gasteiger partial charge is 0.335 e. The van der Waals surface area contributed by atoms with Crippen molar-refractivity contribution in [3.05, 3.63) is 101 Å². The van der Waals surface area contributed by atoms with E-state index in [0.717, 1.165) is 27.1 Å². The van der Waals surface area contributed by atoms with Crippen molar-refractivity contribution >= 4 is 29.6 Å². The van der Waals surface area contributed by atoms with Gasteiger partial charge in [0.2, 0.25) is 5.91 Å². The van der Waals surface area contributed by atoms with E-state index in [1.165, 1.54) is 0 Å². The van der Waals surface area contributed by atoms with E-state index in [4.69, 9.17) is 14.6 Å². The van der Waals surface area contributed by atoms with Gasteiger partial charge in [-0.25, -0.2) is 4.79 Å². The molecule has 1 aliphatic heterocycles. The lowest BCUT2D eigenvalue weighted by Gasteiger charge is -2.41. The van der Waals surface area contributed by atoms with Gasteiger partial charge in [0.15, 0.2) is 6.29 Å². The molecule has 0 aromatic heterocycles. The third-order valence-electron chi connectivity index (χ3n) is 6.95. The minimum Gasteiger partial charge on any atom is -0.481 e. The molecular weight excluding hydrogens is 546 g/mol. The first-order chi connectivity index (χ1) is 19.7. The summed E-state index contributed by atoms with van der Waals surface area (Å²) < 4.78 is 12.9. The van der Waals surface area contributed by atoms with Crippen LogP contribution in [0.1, 0.15) is 64.8 Å². The lowest BCUT2D eigenvalue weighted by Crippen LogP contribution is -2.38. The molecule has 1 amide bonds. The van der Waals surface area contributed by atoms with Gasteiger partial charge in [0, 0.05) is 35.1 Å². The highest BCUT2D eigenvalue weighted by molar-refractivity contribution is 7.99. The van der Waals surface area contributed by atoms with Crippen LogP contribution in [0.4, 0.5) is 0 Å². The summed E-state index contributed by atoms with van der Waals surface area (Å²) in [4.78, 5) is 34.7. The molecule has 0 aliphatic carbocycles. The topological polar surface area (TPSA) is 142 Å². The standard InChI is InChI=1S/C31H33NO8S/c1-19-26(18-41-25-12-10-23(11-13-25)30(37)38)39-31(40-29(19)22-6-4-21(17-33)5-7-22)24-8-2-20(3-9-24)16-32-27(34)14-15-28(35)36/h2-13,19,26,29,31,33H,14-18H2,1H3,(H,32,34)(H,35,36)(H,37,38)/t19-,26+,29+,31+/m1/s1. The van der Waals surface area contributed by atoms with Gasteiger partial charge in [0.25, 0.3) is 0 Å². The minimum atomic E-state index is -1.01. The highest BCUT2D eigenvalue weighted by Gasteiger charge is 2.38. The summed E-state index contributed by atoms with van der Waals surface area (Å²) in [5, 5.41) is 30.1. The van der Waals surface area contributed by atoms with Crippen molar-refractivity contribution < 1.29 is 39.2 Å². The predicted molar refractivity (Wildman–Crippen MR) is 152 cm³/mol. The molecule has 0 spiro atoms. The first kappa shape index (κ1) is 30.3. The molecule has 9 nitrogen and oxygen atoms in total. The van der Waals surface area contributed by atoms with Crippen molar-refractivity contribution in [3.8, 4) is 0 Å². The molecule has 10 heteroatoms. The summed E-state index contributed by atoms with van der Waals surface area (Å²) >= 11 is 1.59. The molecule has 4 atom stereocenters. The Morgan fingerprint density at radius 3 is 2.07 bits per heavy atom. The van der Waals surface area contributed by atoms with Crippen LogP contribution in [-0.2, 0) is 32.2 Å². The molecule has 41 heavy (non-hydrogen) atoms. The minimum absolute atomic E-state index is 0.00249. The number of carboxylic acids is 2. The molecule has 4 N–H and O–H groups in total. The summed E-state index contributed by atoms with van der Waals surface area (Å²) in [6.45, 7) is 2.32. The molecule has 1 fully saturated rings. The average Bonchev–Trinajstić information content (AvgIpc) is 2.99. The normalized spacial score (nSPS) is 20.3. The quantitative estimate of drug-likeness (QED) is 0.219. The Morgan fingerprint density at radius 2 is 1.46 bits per heavy atom. The largest absolute Gasteiger partial charge is 0.481 e. The van der Waals surface area contributed by atoms with Crippen LogP contribution < -0.4 is 5.32 Å². The zero-order valence-electron chi connectivity index (χ0n) is 22.6. The second-order valence-corrected chi connectivity index (χ2v) is 11.0. The first-order valence-corrected chi connectivity index (χ1v) is 14.3. The summed E-state index contributed by atoms with van der Waals surface area (Å²) in [6.07, 6.45) is -1.38. The van der Waals surface area contributed by atoms with Gasteiger partial charge < -0.3 is 30.1 Å². The predicted octanol–water partition coefficient (Wildman–Crippen LogP) is 4.94. The summed E-state index contributed by atoms with van der Waals surface area (Å²) in [7, 11) is 0. The number of aliphatic hydroxyl groups is 1. The van der Waals surface area contributed by atoms with Gasteiger partial charge in [0.1, 0.15) is 0 Å². The number of nitrogens with one attached hydrogen (secondary N) is 1. The Morgan fingerprint density at radius 1 is 0.829 bits per heavy atom. The van der Waals surface area contributed by atoms with Crippen molar-refractivity contribution in [1.82, 2.24) is 5.32 Å². The van der Waals surface area contributed by atoms with Crippen LogP contribution >= 0.6 is 11.8 Å². The van der Waals surface area contributed by atoms with Gasteiger partial charge in [-0.3, -0.25) is 9.59 Å². The van der Waals surface area contributed by atoms with Crippen molar-refractivity contribution in [2.75, 3.05) is 5.75 Å². The Balaban J connectivity index is 1.47. The van der Waals surface area contributed by atoms with Gasteiger partial charge in [0.05, 0.1) is 30.8 Å². The van der Waals surface area contributed by atoms with Gasteiger partial charge in [-0.15, -0.1) is 11.8 Å². The van der Waals surface area contributed by atoms with E-state index in [9.17, 15) is 24.6 Å². The maximum Gasteiger partial charge on any atom is 0.335 e. The Bertz CT molecular complexity index is 1330. The number of carbonyl (C=O) groups is 3. The number of hydrogen-bond donors (Lipinski definition) is 4. The number of thioether (sulfide) groups is 1. The number of ether oxygens (including phenoxy) is 2. The van der Waals surface area contributed by atoms with E-state index in [-0.39, 0.29) is 55.6 Å². The van der Waals surface area contributed by atoms with Crippen molar-refractivity contribution in [1.29, 1.82) is 0 Å². The van der Waals surface area contributed by atoms with E-state index in [0.29, 0.717) is 5.75 Å². The molecule has 1 aliphatic rings. The van der Waals surface area contributed by atoms with Gasteiger partial charge in [-0.05, 0) is 41.0 Å². The molecule has 3 aromatic rings. The van der Waals surface area contributed by atoms with E-state index in [1.54, 1.807) is 36.0 Å². The highest BCUT2D eigenvalue weighted by Crippen LogP contribution is 2.43. The van der Waals surface area contributed by atoms with Crippen molar-refractivity contribution in [2.24, 2.45) is 5.92 Å². The zero-order valence-corrected chi connectivity index (χ0v) is 23.4. The van der Waals surface area contributed by atoms with E-state index in [1.807, 2.05) is 48.5 Å². The zero-order chi connectivity index (χ0) is 29.4. The lowest BCUT2D eigenvalue weighted by molar-refractivity contribution is -0.268. The van der Waals surface area contributed by atoms with E-state index in [2.05, 4.69) is 12.2 Å². The number of carboxylic acid groups (broad SMARTS) is 2. The number of hydrogen-bond acceptors (Lipinski definition) is 7. The number of aromatic carboxylic acids is 1. The molecular formula is C31H33NO8S. The van der Waals surface area contributed by atoms with Crippen LogP contribution in [0.25, 0.3) is 0 Å². The van der Waals surface area contributed by atoms with E-state index < -0.39 is 18.2 Å². The number of aliphatic hydroxyl groups excluding tert-OH is 1. The summed E-state index contributed by atoms with van der Waals surface area (Å²) in [5.41, 5.74) is 3.70. The fraction of sp³-hybridized carbons (Fsp3) is 0.323. The first-order valence-electron chi connectivity index (χ1n) is 13.3. The molecule has 0 radical (unpaired) electrons. The Kier molecular flexibility index (Phi) is 10.5. The molecule has 216 valence electrons. The number of rotatable bonds is 12. The third kappa shape index (κ3) is 8.40. The van der Waals surface area contributed by atoms with Gasteiger partial charge in [-0.2, -0.15) is 0 Å². The summed E-state index contributed by atoms with van der Waals surface area (Å²) in [6, 6.07) is 22.0. The maximum absolute atomic E-state index is 11.9. The highest BCUT2D eigenvalue weighted by atomic mass is 32.2. The fourth-order valence-electron chi connectivity index (χ4n) is 4.48. The molecule has 1 saturated heterocycles. The second kappa shape index (κ2) is 14.3. The molecule has 0 bridgehead atoms. The van der Waals surface area contributed by atoms with E-state index >= 15 is 0 Å².